The van der Waals surface area contributed by atoms with Crippen molar-refractivity contribution in [1.29, 1.82) is 0 Å². The summed E-state index contributed by atoms with van der Waals surface area (Å²) in [5.74, 6) is 0.892. The fourth-order valence-electron chi connectivity index (χ4n) is 4.42. The Hall–Kier alpha value is -3.98. The summed E-state index contributed by atoms with van der Waals surface area (Å²) in [4.78, 5) is 18.6. The number of hydrogen-bond acceptors (Lipinski definition) is 5. The van der Waals surface area contributed by atoms with E-state index in [9.17, 15) is 13.2 Å². The van der Waals surface area contributed by atoms with Gasteiger partial charge in [0.25, 0.3) is 5.56 Å². The maximum absolute atomic E-state index is 13.7. The monoisotopic (exact) mass is 559 g/mol. The Balaban J connectivity index is 1.59. The van der Waals surface area contributed by atoms with Crippen LogP contribution in [-0.4, -0.2) is 36.4 Å². The van der Waals surface area contributed by atoms with Gasteiger partial charge < -0.3 is 4.74 Å². The quantitative estimate of drug-likeness (QED) is 0.241. The van der Waals surface area contributed by atoms with Crippen molar-refractivity contribution in [2.75, 3.05) is 14.2 Å². The van der Waals surface area contributed by atoms with Crippen LogP contribution in [0.4, 0.5) is 0 Å². The Kier molecular flexibility index (Phi) is 7.27. The first-order valence-corrected chi connectivity index (χ1v) is 14.0. The topological polar surface area (TPSA) is 81.5 Å². The van der Waals surface area contributed by atoms with Crippen LogP contribution in [0.25, 0.3) is 27.7 Å². The third kappa shape index (κ3) is 5.06. The van der Waals surface area contributed by atoms with Gasteiger partial charge >= 0.3 is 0 Å². The van der Waals surface area contributed by atoms with Crippen molar-refractivity contribution in [2.45, 2.75) is 17.9 Å². The highest BCUT2D eigenvalue weighted by molar-refractivity contribution is 7.89. The number of sulfonamides is 1. The maximum Gasteiger partial charge on any atom is 0.266 e. The zero-order valence-corrected chi connectivity index (χ0v) is 23.1. The first kappa shape index (κ1) is 26.6. The third-order valence-corrected chi connectivity index (χ3v) is 8.92. The second-order valence-corrected chi connectivity index (χ2v) is 11.5. The van der Waals surface area contributed by atoms with Crippen LogP contribution in [0.5, 0.6) is 5.75 Å². The van der Waals surface area contributed by atoms with Gasteiger partial charge in [0.1, 0.15) is 11.6 Å². The van der Waals surface area contributed by atoms with Gasteiger partial charge in [-0.05, 0) is 72.6 Å². The summed E-state index contributed by atoms with van der Waals surface area (Å²) >= 11 is 6.18. The number of hydrogen-bond donors (Lipinski definition) is 0. The van der Waals surface area contributed by atoms with Crippen LogP contribution in [-0.2, 0) is 10.0 Å². The molecule has 1 heterocycles. The van der Waals surface area contributed by atoms with E-state index in [1.54, 1.807) is 80.8 Å². The van der Waals surface area contributed by atoms with E-state index in [-0.39, 0.29) is 16.3 Å². The Morgan fingerprint density at radius 1 is 0.897 bits per heavy atom. The summed E-state index contributed by atoms with van der Waals surface area (Å²) in [7, 11) is -0.887. The van der Waals surface area contributed by atoms with Crippen molar-refractivity contribution >= 4 is 32.5 Å². The van der Waals surface area contributed by atoms with Gasteiger partial charge in [0.2, 0.25) is 10.0 Å². The molecule has 0 spiro atoms. The Morgan fingerprint density at radius 3 is 2.18 bits per heavy atom. The molecule has 9 heteroatoms. The fourth-order valence-corrected chi connectivity index (χ4v) is 5.92. The standard InChI is InChI=1S/C30H26ClN3O4S/c1-20(33(2)39(36,37)26-16-9-22(10-17-26)21-7-5-4-6-8-21)29-32-28-18-11-23(31)19-27(28)30(35)34(29)24-12-14-25(38-3)15-13-24/h4-20H,1-3H3. The van der Waals surface area contributed by atoms with Crippen LogP contribution in [0.15, 0.2) is 107 Å². The molecule has 0 saturated carbocycles. The van der Waals surface area contributed by atoms with Crippen LogP contribution < -0.4 is 10.3 Å². The summed E-state index contributed by atoms with van der Waals surface area (Å²) in [5.41, 5.74) is 2.50. The molecule has 0 amide bonds. The van der Waals surface area contributed by atoms with E-state index >= 15 is 0 Å². The highest BCUT2D eigenvalue weighted by atomic mass is 35.5. The van der Waals surface area contributed by atoms with Gasteiger partial charge in [-0.25, -0.2) is 13.4 Å². The van der Waals surface area contributed by atoms with Gasteiger partial charge in [0.15, 0.2) is 0 Å². The van der Waals surface area contributed by atoms with Crippen LogP contribution in [0.1, 0.15) is 18.8 Å². The number of fused-ring (bicyclic) bond motifs is 1. The molecule has 1 atom stereocenters. The average Bonchev–Trinajstić information content (AvgIpc) is 2.97. The number of rotatable bonds is 7. The zero-order valence-electron chi connectivity index (χ0n) is 21.6. The van der Waals surface area contributed by atoms with Crippen molar-refractivity contribution in [2.24, 2.45) is 0 Å². The lowest BCUT2D eigenvalue weighted by atomic mass is 10.1. The molecule has 1 aromatic heterocycles. The summed E-state index contributed by atoms with van der Waals surface area (Å²) in [6.45, 7) is 1.71. The van der Waals surface area contributed by atoms with Crippen LogP contribution >= 0.6 is 11.6 Å². The number of methoxy groups -OCH3 is 1. The molecule has 1 unspecified atom stereocenters. The molecule has 0 aliphatic carbocycles. The van der Waals surface area contributed by atoms with E-state index in [1.165, 1.54) is 15.9 Å². The van der Waals surface area contributed by atoms with E-state index < -0.39 is 16.1 Å². The molecular weight excluding hydrogens is 534 g/mol. The Bertz CT molecular complexity index is 1800. The molecule has 0 saturated heterocycles. The molecule has 7 nitrogen and oxygen atoms in total. The maximum atomic E-state index is 13.7. The van der Waals surface area contributed by atoms with Gasteiger partial charge in [0, 0.05) is 12.1 Å². The van der Waals surface area contributed by atoms with Gasteiger partial charge in [-0.1, -0.05) is 54.1 Å². The molecule has 5 aromatic rings. The van der Waals surface area contributed by atoms with Crippen molar-refractivity contribution in [3.8, 4) is 22.6 Å². The zero-order chi connectivity index (χ0) is 27.7. The lowest BCUT2D eigenvalue weighted by Gasteiger charge is -2.26. The van der Waals surface area contributed by atoms with Gasteiger partial charge in [-0.15, -0.1) is 0 Å². The predicted molar refractivity (Wildman–Crippen MR) is 154 cm³/mol. The van der Waals surface area contributed by atoms with E-state index in [0.29, 0.717) is 27.4 Å². The van der Waals surface area contributed by atoms with Crippen LogP contribution in [0.3, 0.4) is 0 Å². The minimum absolute atomic E-state index is 0.141. The molecular formula is C30H26ClN3O4S. The van der Waals surface area contributed by atoms with Gasteiger partial charge in [0.05, 0.1) is 34.6 Å². The largest absolute Gasteiger partial charge is 0.497 e. The third-order valence-electron chi connectivity index (χ3n) is 6.74. The second kappa shape index (κ2) is 10.6. The summed E-state index contributed by atoms with van der Waals surface area (Å²) in [5, 5.41) is 0.735. The van der Waals surface area contributed by atoms with Crippen molar-refractivity contribution in [3.05, 3.63) is 118 Å². The Morgan fingerprint density at radius 2 is 1.54 bits per heavy atom. The summed E-state index contributed by atoms with van der Waals surface area (Å²) < 4.78 is 35.3. The molecule has 0 radical (unpaired) electrons. The first-order chi connectivity index (χ1) is 18.7. The normalized spacial score (nSPS) is 12.5. The second-order valence-electron chi connectivity index (χ2n) is 9.06. The molecule has 5 rings (SSSR count). The van der Waals surface area contributed by atoms with E-state index in [2.05, 4.69) is 0 Å². The number of ether oxygens (including phenoxy) is 1. The number of aromatic nitrogens is 2. The molecule has 4 aromatic carbocycles. The summed E-state index contributed by atoms with van der Waals surface area (Å²) in [6.07, 6.45) is 0. The van der Waals surface area contributed by atoms with Gasteiger partial charge in [-0.3, -0.25) is 9.36 Å². The molecule has 198 valence electrons. The summed E-state index contributed by atoms with van der Waals surface area (Å²) in [6, 6.07) is 27.5. The molecule has 0 bridgehead atoms. The number of benzene rings is 4. The SMILES string of the molecule is COc1ccc(-n2c(C(C)N(C)S(=O)(=O)c3ccc(-c4ccccc4)cc3)nc3ccc(Cl)cc3c2=O)cc1. The van der Waals surface area contributed by atoms with E-state index in [1.807, 2.05) is 30.3 Å². The fraction of sp³-hybridized carbons (Fsp3) is 0.133. The molecule has 39 heavy (non-hydrogen) atoms. The number of nitrogens with zero attached hydrogens (tertiary/aromatic N) is 3. The molecule has 0 N–H and O–H groups in total. The minimum Gasteiger partial charge on any atom is -0.497 e. The van der Waals surface area contributed by atoms with Crippen molar-refractivity contribution in [3.63, 3.8) is 0 Å². The molecule has 0 aliphatic rings. The first-order valence-electron chi connectivity index (χ1n) is 12.2. The smallest absolute Gasteiger partial charge is 0.266 e. The van der Waals surface area contributed by atoms with E-state index in [0.717, 1.165) is 11.1 Å². The Labute approximate surface area is 231 Å². The lowest BCUT2D eigenvalue weighted by Crippen LogP contribution is -2.35. The minimum atomic E-state index is -3.93. The van der Waals surface area contributed by atoms with Crippen LogP contribution in [0, 0.1) is 0 Å². The van der Waals surface area contributed by atoms with Gasteiger partial charge in [-0.2, -0.15) is 4.31 Å². The van der Waals surface area contributed by atoms with Crippen molar-refractivity contribution < 1.29 is 13.2 Å². The molecule has 0 aliphatic heterocycles. The van der Waals surface area contributed by atoms with Crippen LogP contribution in [0.2, 0.25) is 5.02 Å². The lowest BCUT2D eigenvalue weighted by molar-refractivity contribution is 0.379. The highest BCUT2D eigenvalue weighted by Gasteiger charge is 2.30. The van der Waals surface area contributed by atoms with E-state index in [4.69, 9.17) is 21.3 Å². The average molecular weight is 560 g/mol. The molecule has 0 fully saturated rings. The highest BCUT2D eigenvalue weighted by Crippen LogP contribution is 2.29. The van der Waals surface area contributed by atoms with Crippen molar-refractivity contribution in [1.82, 2.24) is 13.9 Å². The number of halogens is 1. The predicted octanol–water partition coefficient (Wildman–Crippen LogP) is 6.10.